The molecular formula is C17H24ClIN4S. The molecule has 2 N–H and O–H groups in total. The number of hydrogen-bond acceptors (Lipinski definition) is 3. The van der Waals surface area contributed by atoms with Crippen molar-refractivity contribution >= 4 is 52.9 Å². The minimum Gasteiger partial charge on any atom is -0.356 e. The predicted octanol–water partition coefficient (Wildman–Crippen LogP) is 4.19. The number of hydrogen-bond donors (Lipinski definition) is 2. The molecule has 0 amide bonds. The molecule has 0 saturated carbocycles. The lowest BCUT2D eigenvalue weighted by Crippen LogP contribution is -2.37. The van der Waals surface area contributed by atoms with Gasteiger partial charge in [-0.2, -0.15) is 0 Å². The van der Waals surface area contributed by atoms with Crippen molar-refractivity contribution in [3.8, 4) is 0 Å². The average molecular weight is 479 g/mol. The van der Waals surface area contributed by atoms with E-state index in [1.807, 2.05) is 24.3 Å². The topological polar surface area (TPSA) is 49.3 Å². The summed E-state index contributed by atoms with van der Waals surface area (Å²) in [6.07, 6.45) is 1.90. The Morgan fingerprint density at radius 1 is 1.33 bits per heavy atom. The van der Waals surface area contributed by atoms with E-state index in [2.05, 4.69) is 34.5 Å². The number of aryl methyl sites for hydroxylation is 2. The second kappa shape index (κ2) is 10.9. The van der Waals surface area contributed by atoms with Crippen molar-refractivity contribution in [2.24, 2.45) is 4.99 Å². The first kappa shape index (κ1) is 21.2. The maximum absolute atomic E-state index is 5.99. The van der Waals surface area contributed by atoms with Gasteiger partial charge in [-0.1, -0.05) is 30.7 Å². The Balaban J connectivity index is 0.00000288. The summed E-state index contributed by atoms with van der Waals surface area (Å²) in [5.41, 5.74) is 2.34. The van der Waals surface area contributed by atoms with E-state index < -0.39 is 0 Å². The third kappa shape index (κ3) is 6.57. The van der Waals surface area contributed by atoms with Crippen LogP contribution in [0.3, 0.4) is 0 Å². The van der Waals surface area contributed by atoms with Gasteiger partial charge in [0.1, 0.15) is 0 Å². The van der Waals surface area contributed by atoms with Crippen molar-refractivity contribution in [1.82, 2.24) is 15.6 Å². The zero-order chi connectivity index (χ0) is 16.7. The lowest BCUT2D eigenvalue weighted by atomic mass is 10.2. The molecule has 24 heavy (non-hydrogen) atoms. The van der Waals surface area contributed by atoms with Crippen molar-refractivity contribution in [3.05, 3.63) is 50.4 Å². The molecule has 1 aromatic carbocycles. The van der Waals surface area contributed by atoms with Gasteiger partial charge in [0.25, 0.3) is 0 Å². The average Bonchev–Trinajstić information content (AvgIpc) is 2.90. The number of thiazole rings is 1. The molecule has 0 spiro atoms. The summed E-state index contributed by atoms with van der Waals surface area (Å²) in [6, 6.07) is 7.81. The summed E-state index contributed by atoms with van der Waals surface area (Å²) in [5.74, 6) is 0.786. The maximum Gasteiger partial charge on any atom is 0.191 e. The monoisotopic (exact) mass is 478 g/mol. The van der Waals surface area contributed by atoms with Crippen molar-refractivity contribution in [1.29, 1.82) is 0 Å². The van der Waals surface area contributed by atoms with Crippen LogP contribution in [0, 0.1) is 6.92 Å². The van der Waals surface area contributed by atoms with Gasteiger partial charge in [0.05, 0.1) is 10.7 Å². The van der Waals surface area contributed by atoms with Gasteiger partial charge in [0, 0.05) is 36.5 Å². The fourth-order valence-corrected chi connectivity index (χ4v) is 3.50. The minimum absolute atomic E-state index is 0. The number of aromatic nitrogens is 1. The molecule has 2 rings (SSSR count). The van der Waals surface area contributed by atoms with Crippen molar-refractivity contribution in [2.45, 2.75) is 33.2 Å². The summed E-state index contributed by atoms with van der Waals surface area (Å²) in [6.45, 7) is 5.78. The van der Waals surface area contributed by atoms with Gasteiger partial charge in [-0.05, 0) is 31.0 Å². The lowest BCUT2D eigenvalue weighted by molar-refractivity contribution is 0.789. The number of aliphatic imine (C=N–C) groups is 1. The second-order valence-corrected chi connectivity index (χ2v) is 6.92. The lowest BCUT2D eigenvalue weighted by Gasteiger charge is -2.11. The SMILES string of the molecule is CCc1nc(CCNC(=NC)NCc2cccc(Cl)c2)sc1C.I. The molecule has 0 saturated heterocycles. The first-order valence-electron chi connectivity index (χ1n) is 7.76. The van der Waals surface area contributed by atoms with E-state index >= 15 is 0 Å². The Hall–Kier alpha value is -0.860. The van der Waals surface area contributed by atoms with Crippen LogP contribution in [-0.4, -0.2) is 24.5 Å². The van der Waals surface area contributed by atoms with E-state index in [1.165, 1.54) is 15.6 Å². The highest BCUT2D eigenvalue weighted by atomic mass is 127. The molecule has 0 bridgehead atoms. The highest BCUT2D eigenvalue weighted by Crippen LogP contribution is 2.17. The van der Waals surface area contributed by atoms with Crippen molar-refractivity contribution in [2.75, 3.05) is 13.6 Å². The third-order valence-electron chi connectivity index (χ3n) is 3.48. The quantitative estimate of drug-likeness (QED) is 0.372. The molecule has 0 unspecified atom stereocenters. The highest BCUT2D eigenvalue weighted by molar-refractivity contribution is 14.0. The Morgan fingerprint density at radius 2 is 2.12 bits per heavy atom. The maximum atomic E-state index is 5.99. The highest BCUT2D eigenvalue weighted by Gasteiger charge is 2.06. The Morgan fingerprint density at radius 3 is 2.75 bits per heavy atom. The minimum atomic E-state index is 0. The summed E-state index contributed by atoms with van der Waals surface area (Å²) in [7, 11) is 1.77. The molecule has 7 heteroatoms. The first-order chi connectivity index (χ1) is 11.1. The fourth-order valence-electron chi connectivity index (χ4n) is 2.26. The van der Waals surface area contributed by atoms with E-state index in [-0.39, 0.29) is 24.0 Å². The van der Waals surface area contributed by atoms with Gasteiger partial charge in [-0.15, -0.1) is 35.3 Å². The molecule has 0 aliphatic heterocycles. The number of halogens is 2. The van der Waals surface area contributed by atoms with E-state index in [9.17, 15) is 0 Å². The number of rotatable bonds is 6. The number of nitrogens with zero attached hydrogens (tertiary/aromatic N) is 2. The Kier molecular flexibility index (Phi) is 9.61. The van der Waals surface area contributed by atoms with E-state index in [4.69, 9.17) is 11.6 Å². The van der Waals surface area contributed by atoms with Gasteiger partial charge in [-0.3, -0.25) is 4.99 Å². The standard InChI is InChI=1S/C17H23ClN4S.HI/c1-4-15-12(2)23-16(22-15)8-9-20-17(19-3)21-11-13-6-5-7-14(18)10-13;/h5-7,10H,4,8-9,11H2,1-3H3,(H2,19,20,21);1H. The van der Waals surface area contributed by atoms with Crippen LogP contribution in [0.15, 0.2) is 29.3 Å². The second-order valence-electron chi connectivity index (χ2n) is 5.20. The summed E-state index contributed by atoms with van der Waals surface area (Å²) < 4.78 is 0. The number of benzene rings is 1. The normalized spacial score (nSPS) is 11.1. The largest absolute Gasteiger partial charge is 0.356 e. The van der Waals surface area contributed by atoms with Crippen LogP contribution in [0.1, 0.15) is 28.1 Å². The van der Waals surface area contributed by atoms with Gasteiger partial charge in [-0.25, -0.2) is 4.98 Å². The van der Waals surface area contributed by atoms with Gasteiger partial charge in [0.2, 0.25) is 0 Å². The molecule has 2 aromatic rings. The van der Waals surface area contributed by atoms with E-state index in [1.54, 1.807) is 18.4 Å². The molecule has 0 aliphatic rings. The first-order valence-corrected chi connectivity index (χ1v) is 8.96. The Labute approximate surface area is 170 Å². The van der Waals surface area contributed by atoms with Crippen LogP contribution >= 0.6 is 46.9 Å². The zero-order valence-corrected chi connectivity index (χ0v) is 18.1. The predicted molar refractivity (Wildman–Crippen MR) is 115 cm³/mol. The van der Waals surface area contributed by atoms with Crippen molar-refractivity contribution in [3.63, 3.8) is 0 Å². The van der Waals surface area contributed by atoms with Crippen LogP contribution in [0.5, 0.6) is 0 Å². The summed E-state index contributed by atoms with van der Waals surface area (Å²) >= 11 is 7.78. The summed E-state index contributed by atoms with van der Waals surface area (Å²) in [4.78, 5) is 10.2. The van der Waals surface area contributed by atoms with Gasteiger partial charge in [0.15, 0.2) is 5.96 Å². The molecule has 0 atom stereocenters. The van der Waals surface area contributed by atoms with Gasteiger partial charge < -0.3 is 10.6 Å². The summed E-state index contributed by atoms with van der Waals surface area (Å²) in [5, 5.41) is 8.54. The van der Waals surface area contributed by atoms with Crippen molar-refractivity contribution < 1.29 is 0 Å². The van der Waals surface area contributed by atoms with Crippen LogP contribution in [0.4, 0.5) is 0 Å². The van der Waals surface area contributed by atoms with Crippen LogP contribution in [-0.2, 0) is 19.4 Å². The van der Waals surface area contributed by atoms with Crippen LogP contribution < -0.4 is 10.6 Å². The zero-order valence-electron chi connectivity index (χ0n) is 14.2. The molecule has 132 valence electrons. The van der Waals surface area contributed by atoms with Crippen LogP contribution in [0.2, 0.25) is 5.02 Å². The molecule has 1 aromatic heterocycles. The molecule has 0 radical (unpaired) electrons. The number of guanidine groups is 1. The Bertz CT molecular complexity index is 672. The molecular weight excluding hydrogens is 455 g/mol. The van der Waals surface area contributed by atoms with E-state index in [0.717, 1.165) is 35.9 Å². The molecule has 0 fully saturated rings. The van der Waals surface area contributed by atoms with E-state index in [0.29, 0.717) is 6.54 Å². The van der Waals surface area contributed by atoms with Crippen LogP contribution in [0.25, 0.3) is 0 Å². The van der Waals surface area contributed by atoms with Gasteiger partial charge >= 0.3 is 0 Å². The molecule has 1 heterocycles. The molecule has 4 nitrogen and oxygen atoms in total. The smallest absolute Gasteiger partial charge is 0.191 e. The fraction of sp³-hybridized carbons (Fsp3) is 0.412. The number of nitrogens with one attached hydrogen (secondary N) is 2. The molecule has 0 aliphatic carbocycles. The third-order valence-corrected chi connectivity index (χ3v) is 4.78.